The van der Waals surface area contributed by atoms with E-state index >= 15 is 0 Å². The van der Waals surface area contributed by atoms with Gasteiger partial charge in [-0.25, -0.2) is 16.8 Å². The molecule has 2 aliphatic rings. The van der Waals surface area contributed by atoms with Crippen molar-refractivity contribution in [1.82, 2.24) is 24.0 Å². The molecule has 46 heavy (non-hydrogen) atoms. The van der Waals surface area contributed by atoms with Crippen molar-refractivity contribution in [3.63, 3.8) is 0 Å². The Hall–Kier alpha value is -3.56. The van der Waals surface area contributed by atoms with Gasteiger partial charge in [-0.1, -0.05) is 66.4 Å². The van der Waals surface area contributed by atoms with Crippen LogP contribution in [0.2, 0.25) is 0 Å². The van der Waals surface area contributed by atoms with E-state index in [-0.39, 0.29) is 41.2 Å². The molecule has 242 valence electrons. The Morgan fingerprint density at radius 2 is 1.70 bits per heavy atom. The highest BCUT2D eigenvalue weighted by Gasteiger charge is 2.35. The summed E-state index contributed by atoms with van der Waals surface area (Å²) in [5.74, 6) is 0.271. The second-order valence-electron chi connectivity index (χ2n) is 11.3. The summed E-state index contributed by atoms with van der Waals surface area (Å²) in [7, 11) is -6.96. The molecular formula is C32H35N5O6S3. The van der Waals surface area contributed by atoms with Gasteiger partial charge in [0.15, 0.2) is 20.8 Å². The first-order valence-corrected chi connectivity index (χ1v) is 19.2. The van der Waals surface area contributed by atoms with E-state index in [4.69, 9.17) is 4.74 Å². The summed E-state index contributed by atoms with van der Waals surface area (Å²) in [4.78, 5) is 15.6. The highest BCUT2D eigenvalue weighted by molar-refractivity contribution is 7.99. The number of thioether (sulfide) groups is 1. The fourth-order valence-corrected chi connectivity index (χ4v) is 9.72. The first kappa shape index (κ1) is 32.4. The minimum Gasteiger partial charge on any atom is -0.379 e. The Labute approximate surface area is 273 Å². The van der Waals surface area contributed by atoms with Crippen LogP contribution in [0.3, 0.4) is 0 Å². The van der Waals surface area contributed by atoms with Crippen molar-refractivity contribution in [2.24, 2.45) is 0 Å². The molecule has 0 spiro atoms. The molecule has 1 atom stereocenters. The van der Waals surface area contributed by atoms with E-state index in [9.17, 15) is 21.6 Å². The van der Waals surface area contributed by atoms with Gasteiger partial charge in [0, 0.05) is 36.9 Å². The SMILES string of the molecule is Cc1ccc(S(=O)(=O)N2CCOCC2)cc1-c1nnc(SCC(=O)N(Cc2ccccc2)[C@@H]2CCS(=O)(=O)C2)n1-c1ccccc1. The van der Waals surface area contributed by atoms with Crippen molar-refractivity contribution in [3.05, 3.63) is 90.0 Å². The number of rotatable bonds is 10. The number of carbonyl (C=O) groups excluding carboxylic acids is 1. The van der Waals surface area contributed by atoms with E-state index in [0.717, 1.165) is 16.8 Å². The third kappa shape index (κ3) is 7.05. The van der Waals surface area contributed by atoms with Crippen LogP contribution in [0.5, 0.6) is 0 Å². The number of hydrogen-bond acceptors (Lipinski definition) is 9. The predicted molar refractivity (Wildman–Crippen MR) is 176 cm³/mol. The lowest BCUT2D eigenvalue weighted by Crippen LogP contribution is -2.41. The minimum absolute atomic E-state index is 0.0127. The molecule has 4 aromatic rings. The van der Waals surface area contributed by atoms with E-state index < -0.39 is 25.9 Å². The Bertz CT molecular complexity index is 1910. The van der Waals surface area contributed by atoms with Crippen LogP contribution in [0.1, 0.15) is 17.5 Å². The fraction of sp³-hybridized carbons (Fsp3) is 0.344. The van der Waals surface area contributed by atoms with Crippen molar-refractivity contribution < 1.29 is 26.4 Å². The lowest BCUT2D eigenvalue weighted by atomic mass is 10.1. The summed E-state index contributed by atoms with van der Waals surface area (Å²) in [6.07, 6.45) is 0.402. The number of aromatic nitrogens is 3. The van der Waals surface area contributed by atoms with E-state index in [1.807, 2.05) is 72.2 Å². The van der Waals surface area contributed by atoms with Crippen molar-refractivity contribution in [2.45, 2.75) is 36.0 Å². The number of ether oxygens (including phenoxy) is 1. The normalized spacial score (nSPS) is 18.4. The number of carbonyl (C=O) groups is 1. The van der Waals surface area contributed by atoms with Crippen LogP contribution in [0, 0.1) is 6.92 Å². The van der Waals surface area contributed by atoms with Gasteiger partial charge in [0.2, 0.25) is 15.9 Å². The molecule has 1 aromatic heterocycles. The lowest BCUT2D eigenvalue weighted by molar-refractivity contribution is -0.130. The second kappa shape index (κ2) is 13.7. The van der Waals surface area contributed by atoms with Gasteiger partial charge in [0.1, 0.15) is 0 Å². The molecule has 2 aliphatic heterocycles. The van der Waals surface area contributed by atoms with Crippen LogP contribution in [-0.4, -0.2) is 96.3 Å². The van der Waals surface area contributed by atoms with Crippen LogP contribution in [0.4, 0.5) is 0 Å². The summed E-state index contributed by atoms with van der Waals surface area (Å²) < 4.78 is 60.3. The summed E-state index contributed by atoms with van der Waals surface area (Å²) in [6, 6.07) is 23.6. The van der Waals surface area contributed by atoms with Gasteiger partial charge in [-0.3, -0.25) is 9.36 Å². The Morgan fingerprint density at radius 1 is 1.00 bits per heavy atom. The highest BCUT2D eigenvalue weighted by Crippen LogP contribution is 2.32. The summed E-state index contributed by atoms with van der Waals surface area (Å²) >= 11 is 1.21. The zero-order chi connectivity index (χ0) is 32.3. The van der Waals surface area contributed by atoms with Crippen LogP contribution < -0.4 is 0 Å². The van der Waals surface area contributed by atoms with Crippen molar-refractivity contribution in [1.29, 1.82) is 0 Å². The van der Waals surface area contributed by atoms with Crippen molar-refractivity contribution >= 4 is 37.5 Å². The molecule has 0 radical (unpaired) electrons. The quantitative estimate of drug-likeness (QED) is 0.231. The molecule has 6 rings (SSSR count). The number of hydrogen-bond donors (Lipinski definition) is 0. The number of amides is 1. The molecule has 0 bridgehead atoms. The number of benzene rings is 3. The topological polar surface area (TPSA) is 132 Å². The van der Waals surface area contributed by atoms with Crippen molar-refractivity contribution in [2.75, 3.05) is 43.6 Å². The number of sulfonamides is 1. The smallest absolute Gasteiger partial charge is 0.243 e. The van der Waals surface area contributed by atoms with E-state index in [2.05, 4.69) is 10.2 Å². The molecule has 3 aromatic carbocycles. The zero-order valence-electron chi connectivity index (χ0n) is 25.4. The predicted octanol–water partition coefficient (Wildman–Crippen LogP) is 3.57. The molecule has 1 amide bonds. The average Bonchev–Trinajstić information content (AvgIpc) is 3.66. The first-order valence-electron chi connectivity index (χ1n) is 15.0. The van der Waals surface area contributed by atoms with Gasteiger partial charge in [0.05, 0.1) is 35.4 Å². The molecule has 0 aliphatic carbocycles. The molecular weight excluding hydrogens is 647 g/mol. The number of aryl methyl sites for hydroxylation is 1. The maximum absolute atomic E-state index is 13.8. The average molecular weight is 682 g/mol. The maximum Gasteiger partial charge on any atom is 0.243 e. The van der Waals surface area contributed by atoms with Gasteiger partial charge in [-0.05, 0) is 48.7 Å². The highest BCUT2D eigenvalue weighted by atomic mass is 32.2. The van der Waals surface area contributed by atoms with Gasteiger partial charge in [-0.2, -0.15) is 4.31 Å². The van der Waals surface area contributed by atoms with E-state index in [1.165, 1.54) is 16.1 Å². The third-order valence-electron chi connectivity index (χ3n) is 8.20. The lowest BCUT2D eigenvalue weighted by Gasteiger charge is -2.28. The molecule has 11 nitrogen and oxygen atoms in total. The maximum atomic E-state index is 13.8. The Balaban J connectivity index is 1.32. The minimum atomic E-state index is -3.76. The largest absolute Gasteiger partial charge is 0.379 e. The van der Waals surface area contributed by atoms with Gasteiger partial charge >= 0.3 is 0 Å². The fourth-order valence-electron chi connectivity index (χ4n) is 5.72. The summed E-state index contributed by atoms with van der Waals surface area (Å²) in [6.45, 7) is 3.46. The molecule has 2 fully saturated rings. The van der Waals surface area contributed by atoms with E-state index in [1.54, 1.807) is 23.1 Å². The number of para-hydroxylation sites is 1. The molecule has 14 heteroatoms. The first-order chi connectivity index (χ1) is 22.1. The number of sulfone groups is 1. The molecule has 2 saturated heterocycles. The van der Waals surface area contributed by atoms with Gasteiger partial charge < -0.3 is 9.64 Å². The van der Waals surface area contributed by atoms with E-state index in [0.29, 0.717) is 42.7 Å². The van der Waals surface area contributed by atoms with Crippen LogP contribution in [-0.2, 0) is 35.9 Å². The third-order valence-corrected chi connectivity index (χ3v) is 12.8. The summed E-state index contributed by atoms with van der Waals surface area (Å²) in [5, 5.41) is 9.42. The summed E-state index contributed by atoms with van der Waals surface area (Å²) in [5.41, 5.74) is 3.09. The van der Waals surface area contributed by atoms with Crippen molar-refractivity contribution in [3.8, 4) is 17.1 Å². The van der Waals surface area contributed by atoms with Crippen LogP contribution >= 0.6 is 11.8 Å². The number of morpholine rings is 1. The zero-order valence-corrected chi connectivity index (χ0v) is 27.8. The van der Waals surface area contributed by atoms with Gasteiger partial charge in [-0.15, -0.1) is 10.2 Å². The Morgan fingerprint density at radius 3 is 2.37 bits per heavy atom. The molecule has 0 N–H and O–H groups in total. The standard InChI is InChI=1S/C32H35N5O6S3/c1-24-12-13-28(46(41,42)35-15-17-43-18-16-35)20-29(24)31-33-34-32(37(31)26-10-6-3-7-11-26)44-22-30(38)36(21-25-8-4-2-5-9-25)27-14-19-45(39,40)23-27/h2-13,20,27H,14-19,21-23H2,1H3/t27-/m1/s1. The Kier molecular flexibility index (Phi) is 9.62. The molecule has 0 saturated carbocycles. The second-order valence-corrected chi connectivity index (χ2v) is 16.4. The molecule has 3 heterocycles. The van der Waals surface area contributed by atoms with Gasteiger partial charge in [0.25, 0.3) is 0 Å². The van der Waals surface area contributed by atoms with Crippen LogP contribution in [0.25, 0.3) is 17.1 Å². The van der Waals surface area contributed by atoms with Crippen LogP contribution in [0.15, 0.2) is 88.9 Å². The molecule has 0 unspecified atom stereocenters. The number of nitrogens with zero attached hydrogens (tertiary/aromatic N) is 5. The monoisotopic (exact) mass is 681 g/mol.